The maximum atomic E-state index is 13.2. The molecule has 2 heterocycles. The smallest absolute Gasteiger partial charge is 0.266 e. The standard InChI is InChI=1S/C31H28ClN3O2S2/c1-2-3-7-17-34-30(36)28(39-31(34)38)19-24-20-35(26-10-5-4-6-11-26)33-29(24)23-9-8-12-27(18-23)37-21-22-13-15-25(32)16-14-22/h4-6,8-16,18-20H,2-3,7,17,21H2,1H3. The second-order valence-corrected chi connectivity index (χ2v) is 11.3. The third kappa shape index (κ3) is 6.61. The van der Waals surface area contributed by atoms with Crippen LogP contribution in [0.25, 0.3) is 23.0 Å². The van der Waals surface area contributed by atoms with Gasteiger partial charge in [0.25, 0.3) is 5.91 Å². The van der Waals surface area contributed by atoms with Crippen LogP contribution in [0.5, 0.6) is 5.75 Å². The van der Waals surface area contributed by atoms with E-state index in [0.717, 1.165) is 53.1 Å². The molecule has 5 rings (SSSR count). The average molecular weight is 574 g/mol. The summed E-state index contributed by atoms with van der Waals surface area (Å²) >= 11 is 12.9. The topological polar surface area (TPSA) is 47.4 Å². The summed E-state index contributed by atoms with van der Waals surface area (Å²) in [6, 6.07) is 25.4. The molecule has 0 atom stereocenters. The SMILES string of the molecule is CCCCCN1C(=O)C(=Cc2cn(-c3ccccc3)nc2-c2cccc(OCc3ccc(Cl)cc3)c2)SC1=S. The number of rotatable bonds is 10. The highest BCUT2D eigenvalue weighted by atomic mass is 35.5. The van der Waals surface area contributed by atoms with Crippen molar-refractivity contribution < 1.29 is 9.53 Å². The Balaban J connectivity index is 1.46. The first-order chi connectivity index (χ1) is 19.0. The van der Waals surface area contributed by atoms with E-state index in [-0.39, 0.29) is 5.91 Å². The van der Waals surface area contributed by atoms with Gasteiger partial charge in [0.15, 0.2) is 0 Å². The Hall–Kier alpha value is -3.39. The number of benzene rings is 3. The summed E-state index contributed by atoms with van der Waals surface area (Å²) in [5.41, 5.74) is 4.44. The number of ether oxygens (including phenoxy) is 1. The number of hydrogen-bond acceptors (Lipinski definition) is 5. The van der Waals surface area contributed by atoms with E-state index >= 15 is 0 Å². The summed E-state index contributed by atoms with van der Waals surface area (Å²) in [7, 11) is 0. The van der Waals surface area contributed by atoms with Crippen LogP contribution in [0.4, 0.5) is 0 Å². The molecule has 198 valence electrons. The molecule has 1 aliphatic heterocycles. The van der Waals surface area contributed by atoms with Crippen molar-refractivity contribution in [3.05, 3.63) is 106 Å². The second-order valence-electron chi connectivity index (χ2n) is 9.20. The van der Waals surface area contributed by atoms with Crippen LogP contribution in [0.1, 0.15) is 37.3 Å². The Morgan fingerprint density at radius 2 is 1.82 bits per heavy atom. The normalized spacial score (nSPS) is 14.4. The zero-order chi connectivity index (χ0) is 27.2. The number of thioether (sulfide) groups is 1. The van der Waals surface area contributed by atoms with Crippen LogP contribution in [0.15, 0.2) is 90.0 Å². The minimum absolute atomic E-state index is 0.0421. The van der Waals surface area contributed by atoms with E-state index in [9.17, 15) is 4.79 Å². The summed E-state index contributed by atoms with van der Waals surface area (Å²) in [5, 5.41) is 5.62. The average Bonchev–Trinajstić information content (AvgIpc) is 3.50. The number of aromatic nitrogens is 2. The van der Waals surface area contributed by atoms with Gasteiger partial charge in [-0.2, -0.15) is 5.10 Å². The summed E-state index contributed by atoms with van der Waals surface area (Å²) in [6.07, 6.45) is 6.96. The molecule has 0 unspecified atom stereocenters. The maximum absolute atomic E-state index is 13.2. The van der Waals surface area contributed by atoms with Crippen molar-refractivity contribution >= 4 is 51.9 Å². The van der Waals surface area contributed by atoms with Gasteiger partial charge in [0.05, 0.1) is 10.6 Å². The molecule has 3 aromatic carbocycles. The van der Waals surface area contributed by atoms with E-state index in [2.05, 4.69) is 6.92 Å². The highest BCUT2D eigenvalue weighted by Crippen LogP contribution is 2.35. The Labute approximate surface area is 243 Å². The molecule has 0 spiro atoms. The van der Waals surface area contributed by atoms with Gasteiger partial charge < -0.3 is 4.74 Å². The van der Waals surface area contributed by atoms with Gasteiger partial charge >= 0.3 is 0 Å². The van der Waals surface area contributed by atoms with Crippen LogP contribution in [-0.4, -0.2) is 31.5 Å². The lowest BCUT2D eigenvalue weighted by Crippen LogP contribution is -2.28. The first-order valence-corrected chi connectivity index (χ1v) is 14.5. The van der Waals surface area contributed by atoms with Crippen molar-refractivity contribution in [2.24, 2.45) is 0 Å². The number of nitrogens with zero attached hydrogens (tertiary/aromatic N) is 3. The van der Waals surface area contributed by atoms with E-state index < -0.39 is 0 Å². The molecule has 8 heteroatoms. The fourth-order valence-electron chi connectivity index (χ4n) is 4.26. The van der Waals surface area contributed by atoms with Crippen molar-refractivity contribution in [1.29, 1.82) is 0 Å². The largest absolute Gasteiger partial charge is 0.489 e. The zero-order valence-electron chi connectivity index (χ0n) is 21.5. The Bertz CT molecular complexity index is 1500. The number of amides is 1. The molecule has 0 bridgehead atoms. The van der Waals surface area contributed by atoms with Crippen LogP contribution in [0.3, 0.4) is 0 Å². The number of hydrogen-bond donors (Lipinski definition) is 0. The summed E-state index contributed by atoms with van der Waals surface area (Å²) in [6.45, 7) is 3.22. The lowest BCUT2D eigenvalue weighted by molar-refractivity contribution is -0.122. The molecule has 1 aromatic heterocycles. The monoisotopic (exact) mass is 573 g/mol. The molecule has 1 amide bonds. The predicted molar refractivity (Wildman–Crippen MR) is 164 cm³/mol. The van der Waals surface area contributed by atoms with Crippen molar-refractivity contribution in [3.63, 3.8) is 0 Å². The molecule has 1 fully saturated rings. The fourth-order valence-corrected chi connectivity index (χ4v) is 5.69. The molecular formula is C31H28ClN3O2S2. The van der Waals surface area contributed by atoms with E-state index in [1.54, 1.807) is 4.90 Å². The third-order valence-corrected chi connectivity index (χ3v) is 7.96. The van der Waals surface area contributed by atoms with Gasteiger partial charge in [-0.3, -0.25) is 9.69 Å². The molecule has 5 nitrogen and oxygen atoms in total. The molecule has 0 saturated carbocycles. The van der Waals surface area contributed by atoms with Crippen LogP contribution in [-0.2, 0) is 11.4 Å². The van der Waals surface area contributed by atoms with E-state index in [1.807, 2.05) is 95.8 Å². The second kappa shape index (κ2) is 12.6. The highest BCUT2D eigenvalue weighted by molar-refractivity contribution is 8.26. The molecular weight excluding hydrogens is 546 g/mol. The van der Waals surface area contributed by atoms with Crippen LogP contribution in [0, 0.1) is 0 Å². The molecule has 1 aliphatic rings. The van der Waals surface area contributed by atoms with Gasteiger partial charge in [0.1, 0.15) is 22.4 Å². The van der Waals surface area contributed by atoms with Gasteiger partial charge in [0.2, 0.25) is 0 Å². The van der Waals surface area contributed by atoms with Crippen LogP contribution in [0.2, 0.25) is 5.02 Å². The molecule has 1 saturated heterocycles. The molecule has 4 aromatic rings. The van der Waals surface area contributed by atoms with Crippen molar-refractivity contribution in [1.82, 2.24) is 14.7 Å². The quantitative estimate of drug-likeness (QED) is 0.109. The van der Waals surface area contributed by atoms with Crippen molar-refractivity contribution in [3.8, 4) is 22.7 Å². The third-order valence-electron chi connectivity index (χ3n) is 6.33. The molecule has 39 heavy (non-hydrogen) atoms. The number of thiocarbonyl (C=S) groups is 1. The van der Waals surface area contributed by atoms with Gasteiger partial charge in [-0.1, -0.05) is 97.8 Å². The number of carbonyl (C=O) groups is 1. The van der Waals surface area contributed by atoms with Crippen LogP contribution < -0.4 is 4.74 Å². The highest BCUT2D eigenvalue weighted by Gasteiger charge is 2.32. The summed E-state index contributed by atoms with van der Waals surface area (Å²) in [5.74, 6) is 0.685. The van der Waals surface area contributed by atoms with Crippen LogP contribution >= 0.6 is 35.6 Å². The fraction of sp³-hybridized carbons (Fsp3) is 0.194. The zero-order valence-corrected chi connectivity index (χ0v) is 23.9. The molecule has 0 N–H and O–H groups in total. The number of para-hydroxylation sites is 1. The number of halogens is 1. The minimum atomic E-state index is -0.0421. The minimum Gasteiger partial charge on any atom is -0.489 e. The molecule has 0 aliphatic carbocycles. The lowest BCUT2D eigenvalue weighted by atomic mass is 10.1. The molecule has 0 radical (unpaired) electrons. The Morgan fingerprint density at radius 3 is 2.59 bits per heavy atom. The summed E-state index contributed by atoms with van der Waals surface area (Å²) in [4.78, 5) is 15.6. The summed E-state index contributed by atoms with van der Waals surface area (Å²) < 4.78 is 8.52. The predicted octanol–water partition coefficient (Wildman–Crippen LogP) is 8.16. The Kier molecular flexibility index (Phi) is 8.81. The van der Waals surface area contributed by atoms with E-state index in [4.69, 9.17) is 33.7 Å². The first-order valence-electron chi connectivity index (χ1n) is 12.9. The van der Waals surface area contributed by atoms with Gasteiger partial charge in [-0.25, -0.2) is 4.68 Å². The van der Waals surface area contributed by atoms with Gasteiger partial charge in [-0.05, 0) is 54.5 Å². The van der Waals surface area contributed by atoms with Crippen molar-refractivity contribution in [2.45, 2.75) is 32.8 Å². The van der Waals surface area contributed by atoms with Gasteiger partial charge in [0, 0.05) is 28.9 Å². The lowest BCUT2D eigenvalue weighted by Gasteiger charge is -2.13. The number of carbonyl (C=O) groups excluding carboxylic acids is 1. The van der Waals surface area contributed by atoms with Gasteiger partial charge in [-0.15, -0.1) is 0 Å². The first kappa shape index (κ1) is 27.2. The Morgan fingerprint density at radius 1 is 1.03 bits per heavy atom. The maximum Gasteiger partial charge on any atom is 0.266 e. The van der Waals surface area contributed by atoms with E-state index in [0.29, 0.717) is 27.4 Å². The number of unbranched alkanes of at least 4 members (excludes halogenated alkanes) is 2. The van der Waals surface area contributed by atoms with Crippen molar-refractivity contribution in [2.75, 3.05) is 6.54 Å². The van der Waals surface area contributed by atoms with E-state index in [1.165, 1.54) is 11.8 Å².